The first-order chi connectivity index (χ1) is 10.3. The first kappa shape index (κ1) is 12.3. The van der Waals surface area contributed by atoms with Crippen molar-refractivity contribution in [1.82, 2.24) is 9.97 Å². The van der Waals surface area contributed by atoms with Gasteiger partial charge in [-0.1, -0.05) is 42.5 Å². The Hall–Kier alpha value is -2.46. The molecule has 0 atom stereocenters. The Balaban J connectivity index is 1.95. The van der Waals surface area contributed by atoms with Gasteiger partial charge in [0.1, 0.15) is 5.82 Å². The van der Waals surface area contributed by atoms with E-state index in [0.29, 0.717) is 24.9 Å². The lowest BCUT2D eigenvalue weighted by atomic mass is 10.0. The summed E-state index contributed by atoms with van der Waals surface area (Å²) in [5, 5.41) is 2.32. The minimum atomic E-state index is 0.511. The predicted molar refractivity (Wildman–Crippen MR) is 82.7 cm³/mol. The number of anilines is 1. The maximum atomic E-state index is 6.09. The Labute approximate surface area is 122 Å². The van der Waals surface area contributed by atoms with Crippen molar-refractivity contribution >= 4 is 16.6 Å². The Bertz CT molecular complexity index is 824. The standard InChI is InChI=1S/C17H15N3O/c18-16-14-10-21-9-8-15(14)19-17(20-16)13-7-3-5-11-4-1-2-6-12(11)13/h1-7H,8-10H2,(H2,18,19,20). The number of rotatable bonds is 1. The fourth-order valence-corrected chi connectivity index (χ4v) is 2.80. The van der Waals surface area contributed by atoms with E-state index in [4.69, 9.17) is 15.5 Å². The first-order valence-corrected chi connectivity index (χ1v) is 7.04. The SMILES string of the molecule is Nc1nc(-c2cccc3ccccc23)nc2c1COCC2. The molecule has 2 heterocycles. The lowest BCUT2D eigenvalue weighted by Crippen LogP contribution is -2.16. The predicted octanol–water partition coefficient (Wildman–Crippen LogP) is 2.95. The van der Waals surface area contributed by atoms with Crippen LogP contribution in [0, 0.1) is 0 Å². The zero-order valence-electron chi connectivity index (χ0n) is 11.5. The van der Waals surface area contributed by atoms with Crippen molar-refractivity contribution in [3.63, 3.8) is 0 Å². The average molecular weight is 277 g/mol. The number of nitrogens with two attached hydrogens (primary N) is 1. The summed E-state index contributed by atoms with van der Waals surface area (Å²) in [5.74, 6) is 1.23. The third-order valence-electron chi connectivity index (χ3n) is 3.88. The highest BCUT2D eigenvalue weighted by atomic mass is 16.5. The molecule has 0 saturated carbocycles. The number of ether oxygens (including phenoxy) is 1. The van der Waals surface area contributed by atoms with E-state index in [1.165, 1.54) is 5.39 Å². The van der Waals surface area contributed by atoms with Crippen molar-refractivity contribution in [3.05, 3.63) is 53.7 Å². The smallest absolute Gasteiger partial charge is 0.162 e. The van der Waals surface area contributed by atoms with Gasteiger partial charge in [-0.05, 0) is 10.8 Å². The van der Waals surface area contributed by atoms with Gasteiger partial charge < -0.3 is 10.5 Å². The van der Waals surface area contributed by atoms with Crippen molar-refractivity contribution in [2.24, 2.45) is 0 Å². The average Bonchev–Trinajstić information content (AvgIpc) is 2.54. The molecule has 0 spiro atoms. The van der Waals surface area contributed by atoms with Crippen LogP contribution < -0.4 is 5.73 Å². The molecule has 21 heavy (non-hydrogen) atoms. The molecule has 1 aliphatic rings. The van der Waals surface area contributed by atoms with Gasteiger partial charge in [-0.3, -0.25) is 0 Å². The van der Waals surface area contributed by atoms with Crippen LogP contribution >= 0.6 is 0 Å². The highest BCUT2D eigenvalue weighted by Gasteiger charge is 2.18. The highest BCUT2D eigenvalue weighted by Crippen LogP contribution is 2.29. The lowest BCUT2D eigenvalue weighted by molar-refractivity contribution is 0.109. The number of aromatic nitrogens is 2. The van der Waals surface area contributed by atoms with Gasteiger partial charge >= 0.3 is 0 Å². The summed E-state index contributed by atoms with van der Waals surface area (Å²) in [4.78, 5) is 9.22. The summed E-state index contributed by atoms with van der Waals surface area (Å²) < 4.78 is 5.43. The number of benzene rings is 2. The van der Waals surface area contributed by atoms with Gasteiger partial charge in [0, 0.05) is 17.5 Å². The van der Waals surface area contributed by atoms with E-state index in [0.717, 1.165) is 28.6 Å². The van der Waals surface area contributed by atoms with E-state index in [2.05, 4.69) is 23.2 Å². The fraction of sp³-hybridized carbons (Fsp3) is 0.176. The fourth-order valence-electron chi connectivity index (χ4n) is 2.80. The maximum absolute atomic E-state index is 6.09. The molecule has 2 N–H and O–H groups in total. The molecule has 1 aliphatic heterocycles. The monoisotopic (exact) mass is 277 g/mol. The topological polar surface area (TPSA) is 61.0 Å². The van der Waals surface area contributed by atoms with Crippen LogP contribution in [-0.2, 0) is 17.8 Å². The largest absolute Gasteiger partial charge is 0.383 e. The molecule has 2 aromatic carbocycles. The van der Waals surface area contributed by atoms with Gasteiger partial charge in [-0.25, -0.2) is 9.97 Å². The van der Waals surface area contributed by atoms with E-state index in [1.54, 1.807) is 0 Å². The summed E-state index contributed by atoms with van der Waals surface area (Å²) in [6.07, 6.45) is 0.791. The molecule has 4 rings (SSSR count). The van der Waals surface area contributed by atoms with Gasteiger partial charge in [0.2, 0.25) is 0 Å². The molecule has 0 bridgehead atoms. The van der Waals surface area contributed by atoms with Crippen LogP contribution in [0.25, 0.3) is 22.2 Å². The summed E-state index contributed by atoms with van der Waals surface area (Å²) in [5.41, 5.74) is 9.06. The summed E-state index contributed by atoms with van der Waals surface area (Å²) in [6.45, 7) is 1.20. The summed E-state index contributed by atoms with van der Waals surface area (Å²) in [6, 6.07) is 14.4. The van der Waals surface area contributed by atoms with Crippen molar-refractivity contribution in [1.29, 1.82) is 0 Å². The van der Waals surface area contributed by atoms with Crippen LogP contribution in [0.4, 0.5) is 5.82 Å². The molecule has 0 unspecified atom stereocenters. The summed E-state index contributed by atoms with van der Waals surface area (Å²) in [7, 11) is 0. The third-order valence-corrected chi connectivity index (χ3v) is 3.88. The quantitative estimate of drug-likeness (QED) is 0.743. The zero-order chi connectivity index (χ0) is 14.2. The third kappa shape index (κ3) is 2.04. The second-order valence-corrected chi connectivity index (χ2v) is 5.19. The van der Waals surface area contributed by atoms with E-state index < -0.39 is 0 Å². The molecular weight excluding hydrogens is 262 g/mol. The number of hydrogen-bond acceptors (Lipinski definition) is 4. The number of nitrogen functional groups attached to an aromatic ring is 1. The Morgan fingerprint density at radius 1 is 1.00 bits per heavy atom. The number of hydrogen-bond donors (Lipinski definition) is 1. The van der Waals surface area contributed by atoms with Crippen LogP contribution in [0.2, 0.25) is 0 Å². The second-order valence-electron chi connectivity index (χ2n) is 5.19. The molecule has 3 aromatic rings. The summed E-state index contributed by atoms with van der Waals surface area (Å²) >= 11 is 0. The van der Waals surface area contributed by atoms with Gasteiger partial charge in [0.15, 0.2) is 5.82 Å². The molecule has 0 radical (unpaired) electrons. The molecule has 4 heteroatoms. The Kier molecular flexibility index (Phi) is 2.82. The molecule has 0 saturated heterocycles. The van der Waals surface area contributed by atoms with E-state index in [9.17, 15) is 0 Å². The molecule has 0 amide bonds. The van der Waals surface area contributed by atoms with E-state index in [-0.39, 0.29) is 0 Å². The van der Waals surface area contributed by atoms with Gasteiger partial charge in [-0.15, -0.1) is 0 Å². The minimum Gasteiger partial charge on any atom is -0.383 e. The zero-order valence-corrected chi connectivity index (χ0v) is 11.5. The molecule has 104 valence electrons. The minimum absolute atomic E-state index is 0.511. The van der Waals surface area contributed by atoms with E-state index in [1.807, 2.05) is 24.3 Å². The lowest BCUT2D eigenvalue weighted by Gasteiger charge is -2.18. The Morgan fingerprint density at radius 3 is 2.81 bits per heavy atom. The number of nitrogens with zero attached hydrogens (tertiary/aromatic N) is 2. The van der Waals surface area contributed by atoms with Crippen LogP contribution in [0.15, 0.2) is 42.5 Å². The van der Waals surface area contributed by atoms with Gasteiger partial charge in [-0.2, -0.15) is 0 Å². The maximum Gasteiger partial charge on any atom is 0.162 e. The normalized spacial score (nSPS) is 14.1. The van der Waals surface area contributed by atoms with Crippen LogP contribution in [-0.4, -0.2) is 16.6 Å². The molecule has 4 nitrogen and oxygen atoms in total. The van der Waals surface area contributed by atoms with Crippen molar-refractivity contribution in [2.75, 3.05) is 12.3 Å². The van der Waals surface area contributed by atoms with Crippen LogP contribution in [0.1, 0.15) is 11.3 Å². The van der Waals surface area contributed by atoms with Gasteiger partial charge in [0.05, 0.1) is 18.9 Å². The Morgan fingerprint density at radius 2 is 1.86 bits per heavy atom. The molecular formula is C17H15N3O. The van der Waals surface area contributed by atoms with Crippen molar-refractivity contribution < 1.29 is 4.74 Å². The highest BCUT2D eigenvalue weighted by molar-refractivity contribution is 5.95. The number of fused-ring (bicyclic) bond motifs is 2. The molecule has 0 fully saturated rings. The van der Waals surface area contributed by atoms with Gasteiger partial charge in [0.25, 0.3) is 0 Å². The van der Waals surface area contributed by atoms with Crippen molar-refractivity contribution in [2.45, 2.75) is 13.0 Å². The van der Waals surface area contributed by atoms with E-state index >= 15 is 0 Å². The van der Waals surface area contributed by atoms with Crippen LogP contribution in [0.5, 0.6) is 0 Å². The molecule has 0 aliphatic carbocycles. The molecule has 1 aromatic heterocycles. The van der Waals surface area contributed by atoms with Crippen molar-refractivity contribution in [3.8, 4) is 11.4 Å². The van der Waals surface area contributed by atoms with Crippen LogP contribution in [0.3, 0.4) is 0 Å². The second kappa shape index (κ2) is 4.82. The first-order valence-electron chi connectivity index (χ1n) is 7.04.